The first-order valence-electron chi connectivity index (χ1n) is 4.29. The predicted molar refractivity (Wildman–Crippen MR) is 52.7 cm³/mol. The molecule has 0 aliphatic rings. The molecule has 0 heterocycles. The maximum atomic E-state index is 11.0. The summed E-state index contributed by atoms with van der Waals surface area (Å²) in [5.74, 6) is -1.29. The van der Waals surface area contributed by atoms with Crippen molar-refractivity contribution in [2.45, 2.75) is 12.5 Å². The predicted octanol–water partition coefficient (Wildman–Crippen LogP) is -0.0275. The lowest BCUT2D eigenvalue weighted by molar-refractivity contribution is -0.157. The van der Waals surface area contributed by atoms with Crippen molar-refractivity contribution in [3.8, 4) is 0 Å². The van der Waals surface area contributed by atoms with E-state index in [-0.39, 0.29) is 0 Å². The van der Waals surface area contributed by atoms with E-state index in [0.29, 0.717) is 5.56 Å². The van der Waals surface area contributed by atoms with Crippen molar-refractivity contribution in [1.29, 1.82) is 0 Å². The normalized spacial score (nSPS) is 14.3. The van der Waals surface area contributed by atoms with Gasteiger partial charge in [0.05, 0.1) is 0 Å². The van der Waals surface area contributed by atoms with Crippen LogP contribution in [0.2, 0.25) is 0 Å². The lowest BCUT2D eigenvalue weighted by Crippen LogP contribution is -2.41. The molecule has 6 heteroatoms. The summed E-state index contributed by atoms with van der Waals surface area (Å²) in [6.07, 6.45) is 0. The van der Waals surface area contributed by atoms with Gasteiger partial charge < -0.3 is 19.8 Å². The van der Waals surface area contributed by atoms with Gasteiger partial charge >= 0.3 is 13.3 Å². The van der Waals surface area contributed by atoms with Gasteiger partial charge in [-0.25, -0.2) is 4.79 Å². The molecule has 0 radical (unpaired) electrons. The van der Waals surface area contributed by atoms with E-state index in [1.807, 2.05) is 0 Å². The van der Waals surface area contributed by atoms with Crippen LogP contribution in [0.1, 0.15) is 12.5 Å². The van der Waals surface area contributed by atoms with Crippen LogP contribution in [0.15, 0.2) is 30.3 Å². The van der Waals surface area contributed by atoms with Gasteiger partial charge in [0, 0.05) is 0 Å². The second kappa shape index (κ2) is 4.44. The third-order valence-electron chi connectivity index (χ3n) is 2.07. The van der Waals surface area contributed by atoms with Crippen LogP contribution >= 0.6 is 0 Å². The van der Waals surface area contributed by atoms with E-state index in [1.54, 1.807) is 18.2 Å². The molecule has 0 saturated carbocycles. The third-order valence-corrected chi connectivity index (χ3v) is 2.07. The standard InChI is InChI=1S/C9H11BO5/c1-9(8(11)12,15-10(13)14)7-5-3-2-4-6-7/h2-6,13-14H,1H3,(H,11,12). The number of carbonyl (C=O) groups is 1. The van der Waals surface area contributed by atoms with Crippen molar-refractivity contribution in [2.75, 3.05) is 0 Å². The van der Waals surface area contributed by atoms with Gasteiger partial charge in [0.2, 0.25) is 0 Å². The average Bonchev–Trinajstić information content (AvgIpc) is 2.17. The molecule has 15 heavy (non-hydrogen) atoms. The molecule has 1 aromatic carbocycles. The van der Waals surface area contributed by atoms with Crippen molar-refractivity contribution < 1.29 is 24.6 Å². The molecule has 1 unspecified atom stereocenters. The Hall–Kier alpha value is -1.37. The lowest BCUT2D eigenvalue weighted by Gasteiger charge is -2.25. The van der Waals surface area contributed by atoms with Crippen LogP contribution in [0.4, 0.5) is 0 Å². The molecule has 0 saturated heterocycles. The zero-order chi connectivity index (χ0) is 11.5. The molecule has 0 aromatic heterocycles. The minimum absolute atomic E-state index is 0.339. The Morgan fingerprint density at radius 3 is 2.27 bits per heavy atom. The summed E-state index contributed by atoms with van der Waals surface area (Å²) in [7, 11) is -2.13. The molecule has 3 N–H and O–H groups in total. The molecule has 0 aliphatic heterocycles. The number of carboxylic acid groups (broad SMARTS) is 1. The topological polar surface area (TPSA) is 87.0 Å². The van der Waals surface area contributed by atoms with Gasteiger partial charge in [-0.1, -0.05) is 30.3 Å². The van der Waals surface area contributed by atoms with E-state index in [9.17, 15) is 4.79 Å². The van der Waals surface area contributed by atoms with Gasteiger partial charge in [0.1, 0.15) is 0 Å². The summed E-state index contributed by atoms with van der Waals surface area (Å²) in [5.41, 5.74) is -1.43. The van der Waals surface area contributed by atoms with Gasteiger partial charge in [-0.05, 0) is 12.5 Å². The van der Waals surface area contributed by atoms with Gasteiger partial charge in [-0.2, -0.15) is 0 Å². The number of hydrogen-bond acceptors (Lipinski definition) is 4. The van der Waals surface area contributed by atoms with Gasteiger partial charge in [0.15, 0.2) is 5.60 Å². The minimum Gasteiger partial charge on any atom is -0.479 e. The van der Waals surface area contributed by atoms with E-state index < -0.39 is 18.9 Å². The Bertz CT molecular complexity index is 340. The highest BCUT2D eigenvalue weighted by Crippen LogP contribution is 2.25. The molecular weight excluding hydrogens is 199 g/mol. The van der Waals surface area contributed by atoms with E-state index in [1.165, 1.54) is 19.1 Å². The highest BCUT2D eigenvalue weighted by Gasteiger charge is 2.39. The number of aliphatic carboxylic acids is 1. The van der Waals surface area contributed by atoms with Gasteiger partial charge in [-0.15, -0.1) is 0 Å². The number of carboxylic acids is 1. The summed E-state index contributed by atoms with van der Waals surface area (Å²) in [6.45, 7) is 1.25. The van der Waals surface area contributed by atoms with Crippen LogP contribution < -0.4 is 0 Å². The second-order valence-electron chi connectivity index (χ2n) is 3.15. The Balaban J connectivity index is 3.07. The zero-order valence-electron chi connectivity index (χ0n) is 8.12. The molecule has 1 atom stereocenters. The molecule has 0 amide bonds. The molecule has 0 spiro atoms. The second-order valence-corrected chi connectivity index (χ2v) is 3.15. The lowest BCUT2D eigenvalue weighted by atomic mass is 9.94. The monoisotopic (exact) mass is 210 g/mol. The highest BCUT2D eigenvalue weighted by atomic mass is 16.6. The van der Waals surface area contributed by atoms with Crippen molar-refractivity contribution in [1.82, 2.24) is 0 Å². The smallest absolute Gasteiger partial charge is 0.479 e. The quantitative estimate of drug-likeness (QED) is 0.607. The van der Waals surface area contributed by atoms with Crippen molar-refractivity contribution >= 4 is 13.3 Å². The maximum absolute atomic E-state index is 11.0. The van der Waals surface area contributed by atoms with Crippen LogP contribution in [0.5, 0.6) is 0 Å². The van der Waals surface area contributed by atoms with Crippen LogP contribution in [-0.2, 0) is 15.0 Å². The number of benzene rings is 1. The molecule has 80 valence electrons. The summed E-state index contributed by atoms with van der Waals surface area (Å²) < 4.78 is 4.60. The summed E-state index contributed by atoms with van der Waals surface area (Å²) in [4.78, 5) is 11.0. The SMILES string of the molecule is CC(OB(O)O)(C(=O)O)c1ccccc1. The van der Waals surface area contributed by atoms with Crippen LogP contribution in [0.25, 0.3) is 0 Å². The fraction of sp³-hybridized carbons (Fsp3) is 0.222. The molecule has 0 fully saturated rings. The first-order chi connectivity index (χ1) is 6.97. The minimum atomic E-state index is -2.13. The Kier molecular flexibility index (Phi) is 3.46. The Labute approximate surface area is 87.1 Å². The Morgan fingerprint density at radius 2 is 1.87 bits per heavy atom. The molecule has 1 rings (SSSR count). The maximum Gasteiger partial charge on any atom is 0.635 e. The fourth-order valence-corrected chi connectivity index (χ4v) is 1.21. The van der Waals surface area contributed by atoms with E-state index in [0.717, 1.165) is 0 Å². The van der Waals surface area contributed by atoms with Crippen LogP contribution in [-0.4, -0.2) is 28.4 Å². The fourth-order valence-electron chi connectivity index (χ4n) is 1.21. The van der Waals surface area contributed by atoms with Crippen molar-refractivity contribution in [2.24, 2.45) is 0 Å². The molecule has 0 aliphatic carbocycles. The summed E-state index contributed by atoms with van der Waals surface area (Å²) in [5, 5.41) is 26.3. The van der Waals surface area contributed by atoms with E-state index in [2.05, 4.69) is 4.65 Å². The summed E-state index contributed by atoms with van der Waals surface area (Å²) in [6, 6.07) is 8.08. The number of rotatable bonds is 4. The Morgan fingerprint density at radius 1 is 1.33 bits per heavy atom. The first-order valence-corrected chi connectivity index (χ1v) is 4.29. The molecule has 0 bridgehead atoms. The third kappa shape index (κ3) is 2.56. The van der Waals surface area contributed by atoms with Crippen molar-refractivity contribution in [3.63, 3.8) is 0 Å². The van der Waals surface area contributed by atoms with Crippen LogP contribution in [0, 0.1) is 0 Å². The molecule has 1 aromatic rings. The van der Waals surface area contributed by atoms with Gasteiger partial charge in [0.25, 0.3) is 0 Å². The van der Waals surface area contributed by atoms with Crippen molar-refractivity contribution in [3.05, 3.63) is 35.9 Å². The van der Waals surface area contributed by atoms with Gasteiger partial charge in [-0.3, -0.25) is 0 Å². The van der Waals surface area contributed by atoms with Crippen LogP contribution in [0.3, 0.4) is 0 Å². The molecule has 5 nitrogen and oxygen atoms in total. The first kappa shape index (κ1) is 11.7. The largest absolute Gasteiger partial charge is 0.635 e. The average molecular weight is 210 g/mol. The van der Waals surface area contributed by atoms with E-state index in [4.69, 9.17) is 15.2 Å². The number of hydrogen-bond donors (Lipinski definition) is 3. The highest BCUT2D eigenvalue weighted by molar-refractivity contribution is 6.33. The molecular formula is C9H11BO5. The van der Waals surface area contributed by atoms with E-state index >= 15 is 0 Å². The zero-order valence-corrected chi connectivity index (χ0v) is 8.12. The summed E-state index contributed by atoms with van der Waals surface area (Å²) >= 11 is 0.